The fraction of sp³-hybridized carbons (Fsp3) is 0.111. The van der Waals surface area contributed by atoms with Crippen LogP contribution < -0.4 is 10.6 Å². The van der Waals surface area contributed by atoms with E-state index in [1.807, 2.05) is 30.3 Å². The first-order chi connectivity index (χ1) is 6.27. The molecule has 13 heavy (non-hydrogen) atoms. The van der Waals surface area contributed by atoms with Gasteiger partial charge in [-0.15, -0.1) is 0 Å². The first-order valence-corrected chi connectivity index (χ1v) is 4.75. The summed E-state index contributed by atoms with van der Waals surface area (Å²) in [6.45, 7) is 0. The molecule has 2 rings (SSSR count). The molecule has 0 aliphatic carbocycles. The number of rotatable bonds is 1. The Morgan fingerprint density at radius 1 is 1.08 bits per heavy atom. The van der Waals surface area contributed by atoms with Gasteiger partial charge in [0.25, 0.3) is 0 Å². The van der Waals surface area contributed by atoms with Crippen LogP contribution in [-0.2, 0) is 0 Å². The van der Waals surface area contributed by atoms with Crippen LogP contribution in [0.3, 0.4) is 0 Å². The SMILES string of the molecule is S=C1NC(=S)[C@@H](c2ccccc2)N1. The Bertz CT molecular complexity index is 348. The molecule has 0 spiro atoms. The Labute approximate surface area is 87.3 Å². The molecule has 0 amide bonds. The molecule has 66 valence electrons. The average Bonchev–Trinajstić information content (AvgIpc) is 2.47. The minimum Gasteiger partial charge on any atom is -0.349 e. The molecule has 1 aromatic rings. The second-order valence-electron chi connectivity index (χ2n) is 2.81. The highest BCUT2D eigenvalue weighted by Gasteiger charge is 2.24. The Balaban J connectivity index is 2.28. The summed E-state index contributed by atoms with van der Waals surface area (Å²) in [5, 5.41) is 6.63. The molecule has 0 bridgehead atoms. The Morgan fingerprint density at radius 2 is 1.77 bits per heavy atom. The van der Waals surface area contributed by atoms with Gasteiger partial charge < -0.3 is 10.6 Å². The van der Waals surface area contributed by atoms with Crippen LogP contribution in [0.15, 0.2) is 30.3 Å². The highest BCUT2D eigenvalue weighted by Crippen LogP contribution is 2.16. The average molecular weight is 208 g/mol. The summed E-state index contributed by atoms with van der Waals surface area (Å²) < 4.78 is 0. The predicted octanol–water partition coefficient (Wildman–Crippen LogP) is 1.53. The van der Waals surface area contributed by atoms with Crippen LogP contribution in [0, 0.1) is 0 Å². The lowest BCUT2D eigenvalue weighted by Gasteiger charge is -2.08. The molecular weight excluding hydrogens is 200 g/mol. The largest absolute Gasteiger partial charge is 0.349 e. The quantitative estimate of drug-likeness (QED) is 0.684. The van der Waals surface area contributed by atoms with Gasteiger partial charge in [0.05, 0.1) is 0 Å². The van der Waals surface area contributed by atoms with E-state index in [2.05, 4.69) is 10.6 Å². The zero-order valence-corrected chi connectivity index (χ0v) is 8.41. The van der Waals surface area contributed by atoms with Gasteiger partial charge in [-0.05, 0) is 17.8 Å². The summed E-state index contributed by atoms with van der Waals surface area (Å²) in [5.41, 5.74) is 1.14. The van der Waals surface area contributed by atoms with Crippen molar-refractivity contribution in [1.82, 2.24) is 10.6 Å². The predicted molar refractivity (Wildman–Crippen MR) is 60.7 cm³/mol. The van der Waals surface area contributed by atoms with E-state index in [1.54, 1.807) is 0 Å². The molecular formula is C9H8N2S2. The van der Waals surface area contributed by atoms with Crippen molar-refractivity contribution in [2.45, 2.75) is 6.04 Å². The van der Waals surface area contributed by atoms with E-state index in [0.29, 0.717) is 5.11 Å². The first-order valence-electron chi connectivity index (χ1n) is 3.93. The van der Waals surface area contributed by atoms with Crippen molar-refractivity contribution in [3.05, 3.63) is 35.9 Å². The van der Waals surface area contributed by atoms with Gasteiger partial charge in [-0.3, -0.25) is 0 Å². The van der Waals surface area contributed by atoms with Crippen LogP contribution in [0.1, 0.15) is 11.6 Å². The summed E-state index contributed by atoms with van der Waals surface area (Å²) in [5.74, 6) is 0. The van der Waals surface area contributed by atoms with E-state index in [1.165, 1.54) is 0 Å². The summed E-state index contributed by atoms with van der Waals surface area (Å²) in [7, 11) is 0. The number of hydrogen-bond donors (Lipinski definition) is 2. The van der Waals surface area contributed by atoms with Crippen molar-refractivity contribution in [3.63, 3.8) is 0 Å². The lowest BCUT2D eigenvalue weighted by atomic mass is 10.1. The molecule has 1 aliphatic rings. The third kappa shape index (κ3) is 1.68. The number of thiocarbonyl (C=S) groups is 2. The first kappa shape index (κ1) is 8.59. The van der Waals surface area contributed by atoms with Gasteiger partial charge in [-0.2, -0.15) is 0 Å². The Hall–Kier alpha value is -1.00. The van der Waals surface area contributed by atoms with Gasteiger partial charge in [-0.1, -0.05) is 42.5 Å². The maximum atomic E-state index is 5.14. The molecule has 1 heterocycles. The lowest BCUT2D eigenvalue weighted by molar-refractivity contribution is 0.881. The van der Waals surface area contributed by atoms with E-state index >= 15 is 0 Å². The second kappa shape index (κ2) is 3.40. The minimum atomic E-state index is 0.0451. The van der Waals surface area contributed by atoms with Gasteiger partial charge >= 0.3 is 0 Å². The summed E-state index contributed by atoms with van der Waals surface area (Å²) in [4.78, 5) is 0.746. The maximum Gasteiger partial charge on any atom is 0.172 e. The molecule has 0 unspecified atom stereocenters. The zero-order valence-electron chi connectivity index (χ0n) is 6.78. The van der Waals surface area contributed by atoms with Crippen molar-refractivity contribution in [2.24, 2.45) is 0 Å². The Kier molecular flexibility index (Phi) is 2.24. The van der Waals surface area contributed by atoms with Gasteiger partial charge in [0.15, 0.2) is 5.11 Å². The van der Waals surface area contributed by atoms with Crippen LogP contribution in [0.4, 0.5) is 0 Å². The van der Waals surface area contributed by atoms with E-state index < -0.39 is 0 Å². The summed E-state index contributed by atoms with van der Waals surface area (Å²) in [6, 6.07) is 10.1. The number of benzene rings is 1. The van der Waals surface area contributed by atoms with E-state index in [0.717, 1.165) is 10.6 Å². The van der Waals surface area contributed by atoms with Crippen molar-refractivity contribution >= 4 is 34.5 Å². The molecule has 1 atom stereocenters. The smallest absolute Gasteiger partial charge is 0.172 e. The normalized spacial score (nSPS) is 21.1. The van der Waals surface area contributed by atoms with E-state index in [9.17, 15) is 0 Å². The summed E-state index contributed by atoms with van der Waals surface area (Å²) >= 11 is 10.1. The van der Waals surface area contributed by atoms with E-state index in [4.69, 9.17) is 24.4 Å². The lowest BCUT2D eigenvalue weighted by Crippen LogP contribution is -2.21. The zero-order chi connectivity index (χ0) is 9.26. The summed E-state index contributed by atoms with van der Waals surface area (Å²) in [6.07, 6.45) is 0. The fourth-order valence-electron chi connectivity index (χ4n) is 1.30. The minimum absolute atomic E-state index is 0.0451. The van der Waals surface area contributed by atoms with Gasteiger partial charge in [0.2, 0.25) is 0 Å². The van der Waals surface area contributed by atoms with Gasteiger partial charge in [0, 0.05) is 0 Å². The van der Waals surface area contributed by atoms with E-state index in [-0.39, 0.29) is 6.04 Å². The fourth-order valence-corrected chi connectivity index (χ4v) is 1.89. The monoisotopic (exact) mass is 208 g/mol. The van der Waals surface area contributed by atoms with Crippen molar-refractivity contribution < 1.29 is 0 Å². The third-order valence-electron chi connectivity index (χ3n) is 1.91. The topological polar surface area (TPSA) is 24.1 Å². The molecule has 1 aliphatic heterocycles. The van der Waals surface area contributed by atoms with Crippen LogP contribution in [0.25, 0.3) is 0 Å². The van der Waals surface area contributed by atoms with Crippen LogP contribution in [-0.4, -0.2) is 10.1 Å². The third-order valence-corrected chi connectivity index (χ3v) is 2.46. The van der Waals surface area contributed by atoms with Gasteiger partial charge in [0.1, 0.15) is 11.0 Å². The van der Waals surface area contributed by atoms with Crippen molar-refractivity contribution in [2.75, 3.05) is 0 Å². The van der Waals surface area contributed by atoms with Crippen molar-refractivity contribution in [1.29, 1.82) is 0 Å². The molecule has 0 saturated carbocycles. The highest BCUT2D eigenvalue weighted by atomic mass is 32.1. The molecule has 2 nitrogen and oxygen atoms in total. The Morgan fingerprint density at radius 3 is 2.31 bits per heavy atom. The number of hydrogen-bond acceptors (Lipinski definition) is 2. The van der Waals surface area contributed by atoms with Gasteiger partial charge in [-0.25, -0.2) is 0 Å². The second-order valence-corrected chi connectivity index (χ2v) is 3.65. The van der Waals surface area contributed by atoms with Crippen molar-refractivity contribution in [3.8, 4) is 0 Å². The standard InChI is InChI=1S/C9H8N2S2/c12-8-7(10-9(13)11-8)6-4-2-1-3-5-6/h1-5,7H,(H2,10,11,12,13)/t7-/m1/s1. The molecule has 0 radical (unpaired) electrons. The molecule has 1 aromatic carbocycles. The maximum absolute atomic E-state index is 5.14. The van der Waals surface area contributed by atoms with Crippen LogP contribution in [0.5, 0.6) is 0 Å². The number of nitrogens with one attached hydrogen (secondary N) is 2. The molecule has 0 aromatic heterocycles. The van der Waals surface area contributed by atoms with Crippen LogP contribution in [0.2, 0.25) is 0 Å². The molecule has 1 fully saturated rings. The van der Waals surface area contributed by atoms with Crippen LogP contribution >= 0.6 is 24.4 Å². The molecule has 1 saturated heterocycles. The molecule has 2 N–H and O–H groups in total. The highest BCUT2D eigenvalue weighted by molar-refractivity contribution is 7.82. The molecule has 4 heteroatoms.